The van der Waals surface area contributed by atoms with Crippen LogP contribution in [0.25, 0.3) is 22.6 Å². The first-order valence-electron chi connectivity index (χ1n) is 13.2. The van der Waals surface area contributed by atoms with Crippen LogP contribution >= 0.6 is 0 Å². The van der Waals surface area contributed by atoms with Crippen LogP contribution in [-0.4, -0.2) is 104 Å². The summed E-state index contributed by atoms with van der Waals surface area (Å²) in [5.41, 5.74) is 7.90. The number of imidazole rings is 1. The van der Waals surface area contributed by atoms with Crippen LogP contribution in [-0.2, 0) is 16.1 Å². The molecule has 5 rings (SSSR count). The molecule has 204 valence electrons. The van der Waals surface area contributed by atoms with Gasteiger partial charge in [-0.05, 0) is 12.8 Å². The summed E-state index contributed by atoms with van der Waals surface area (Å²) < 4.78 is 7.76. The topological polar surface area (TPSA) is 152 Å². The van der Waals surface area contributed by atoms with Crippen LogP contribution in [0.2, 0.25) is 0 Å². The maximum Gasteiger partial charge on any atom is 0.225 e. The lowest BCUT2D eigenvalue weighted by Gasteiger charge is -2.35. The van der Waals surface area contributed by atoms with Gasteiger partial charge in [0.05, 0.1) is 31.3 Å². The summed E-state index contributed by atoms with van der Waals surface area (Å²) >= 11 is 0. The molecule has 2 aliphatic rings. The van der Waals surface area contributed by atoms with Crippen molar-refractivity contribution in [1.29, 1.82) is 0 Å². The number of aliphatic hydroxyl groups is 1. The Morgan fingerprint density at radius 3 is 2.32 bits per heavy atom. The van der Waals surface area contributed by atoms with E-state index < -0.39 is 6.10 Å². The van der Waals surface area contributed by atoms with Crippen molar-refractivity contribution in [1.82, 2.24) is 34.4 Å². The minimum Gasteiger partial charge on any atom is -0.393 e. The molecule has 38 heavy (non-hydrogen) atoms. The molecule has 2 saturated heterocycles. The summed E-state index contributed by atoms with van der Waals surface area (Å²) in [6.45, 7) is 11.8. The van der Waals surface area contributed by atoms with E-state index in [-0.39, 0.29) is 18.3 Å². The average Bonchev–Trinajstić information content (AvgIpc) is 3.26. The van der Waals surface area contributed by atoms with Crippen molar-refractivity contribution in [3.8, 4) is 11.4 Å². The molecule has 1 atom stereocenters. The van der Waals surface area contributed by atoms with Gasteiger partial charge in [0.15, 0.2) is 22.8 Å². The summed E-state index contributed by atoms with van der Waals surface area (Å²) in [6, 6.07) is 0. The lowest BCUT2D eigenvalue weighted by molar-refractivity contribution is -0.133. The minimum absolute atomic E-state index is 0.0221. The number of amides is 1. The molecule has 3 N–H and O–H groups in total. The Kier molecular flexibility index (Phi) is 7.56. The van der Waals surface area contributed by atoms with Gasteiger partial charge in [-0.3, -0.25) is 9.36 Å². The van der Waals surface area contributed by atoms with Gasteiger partial charge in [0, 0.05) is 58.2 Å². The summed E-state index contributed by atoms with van der Waals surface area (Å²) in [7, 11) is 0. The highest BCUT2D eigenvalue weighted by atomic mass is 16.5. The average molecular weight is 525 g/mol. The molecule has 0 spiro atoms. The highest BCUT2D eigenvalue weighted by molar-refractivity contribution is 5.88. The first-order chi connectivity index (χ1) is 18.3. The van der Waals surface area contributed by atoms with E-state index in [1.807, 2.05) is 4.90 Å². The van der Waals surface area contributed by atoms with Crippen molar-refractivity contribution < 1.29 is 14.6 Å². The third-order valence-corrected chi connectivity index (χ3v) is 6.73. The second kappa shape index (κ2) is 11.0. The largest absolute Gasteiger partial charge is 0.393 e. The number of carbonyl (C=O) groups excluding carboxylic acids is 1. The molecule has 1 amide bonds. The number of piperazine rings is 1. The molecule has 3 aromatic rings. The molecule has 0 aromatic carbocycles. The Labute approximate surface area is 221 Å². The number of anilines is 3. The van der Waals surface area contributed by atoms with Crippen molar-refractivity contribution in [3.05, 3.63) is 12.4 Å². The van der Waals surface area contributed by atoms with E-state index in [2.05, 4.69) is 38.2 Å². The molecule has 0 bridgehead atoms. The van der Waals surface area contributed by atoms with Crippen LogP contribution in [0.1, 0.15) is 27.2 Å². The maximum absolute atomic E-state index is 12.5. The fraction of sp³-hybridized carbons (Fsp3) is 0.600. The van der Waals surface area contributed by atoms with Gasteiger partial charge in [-0.1, -0.05) is 13.8 Å². The number of hydrogen-bond donors (Lipinski definition) is 2. The summed E-state index contributed by atoms with van der Waals surface area (Å²) in [6.07, 6.45) is 2.77. The Bertz CT molecular complexity index is 1260. The highest BCUT2D eigenvalue weighted by Crippen LogP contribution is 2.32. The first-order valence-corrected chi connectivity index (χ1v) is 13.2. The number of nitrogen functional groups attached to an aromatic ring is 1. The van der Waals surface area contributed by atoms with Crippen molar-refractivity contribution in [2.75, 3.05) is 68.0 Å². The van der Waals surface area contributed by atoms with Crippen molar-refractivity contribution in [2.45, 2.75) is 39.8 Å². The Hall–Kier alpha value is -3.58. The molecule has 13 nitrogen and oxygen atoms in total. The lowest BCUT2D eigenvalue weighted by atomic mass is 10.2. The van der Waals surface area contributed by atoms with Crippen molar-refractivity contribution >= 4 is 34.8 Å². The predicted octanol–water partition coefficient (Wildman–Crippen LogP) is 0.778. The Balaban J connectivity index is 1.56. The number of rotatable bonds is 7. The molecule has 0 aliphatic carbocycles. The van der Waals surface area contributed by atoms with E-state index in [1.165, 1.54) is 0 Å². The van der Waals surface area contributed by atoms with Gasteiger partial charge in [0.1, 0.15) is 0 Å². The number of morpholine rings is 1. The van der Waals surface area contributed by atoms with E-state index in [0.29, 0.717) is 69.8 Å². The molecular formula is C25H36N10O3. The molecule has 5 heterocycles. The maximum atomic E-state index is 12.5. The molecule has 2 fully saturated rings. The lowest BCUT2D eigenvalue weighted by Crippen LogP contribution is -2.50. The zero-order valence-electron chi connectivity index (χ0n) is 22.2. The Morgan fingerprint density at radius 1 is 1.00 bits per heavy atom. The number of ether oxygens (including phenoxy) is 1. The number of hydrogen-bond acceptors (Lipinski definition) is 11. The molecule has 0 radical (unpaired) electrons. The predicted molar refractivity (Wildman–Crippen MR) is 144 cm³/mol. The molecule has 0 unspecified atom stereocenters. The smallest absolute Gasteiger partial charge is 0.225 e. The fourth-order valence-corrected chi connectivity index (χ4v) is 4.87. The van der Waals surface area contributed by atoms with Gasteiger partial charge in [-0.15, -0.1) is 0 Å². The summed E-state index contributed by atoms with van der Waals surface area (Å²) in [5.74, 6) is 2.63. The van der Waals surface area contributed by atoms with Crippen molar-refractivity contribution in [3.63, 3.8) is 0 Å². The van der Waals surface area contributed by atoms with Crippen molar-refractivity contribution in [2.24, 2.45) is 5.92 Å². The van der Waals surface area contributed by atoms with Crippen LogP contribution < -0.4 is 15.5 Å². The van der Waals surface area contributed by atoms with Gasteiger partial charge in [-0.25, -0.2) is 24.9 Å². The number of nitrogens with zero attached hydrogens (tertiary/aromatic N) is 9. The fourth-order valence-electron chi connectivity index (χ4n) is 4.87. The van der Waals surface area contributed by atoms with Gasteiger partial charge < -0.3 is 30.3 Å². The summed E-state index contributed by atoms with van der Waals surface area (Å²) in [4.78, 5) is 42.0. The second-order valence-corrected chi connectivity index (χ2v) is 10.3. The standard InChI is InChI=1S/C25H36N10O3/c1-16(2)15-35-23-20(29-25(35)34-6-4-32(5-7-34)19(37)12-17(3)36)22(33-8-10-38-11-9-33)30-21(31-23)18-13-27-24(26)28-14-18/h13-14,16-17,36H,4-12,15H2,1-3H3,(H2,26,27,28)/t17-/m0/s1. The van der Waals surface area contributed by atoms with Crippen LogP contribution in [0.5, 0.6) is 0 Å². The summed E-state index contributed by atoms with van der Waals surface area (Å²) in [5, 5.41) is 9.63. The normalized spacial score (nSPS) is 17.4. The molecule has 3 aromatic heterocycles. The van der Waals surface area contributed by atoms with Gasteiger partial charge in [0.25, 0.3) is 0 Å². The van der Waals surface area contributed by atoms with E-state index in [0.717, 1.165) is 29.5 Å². The minimum atomic E-state index is -0.645. The molecular weight excluding hydrogens is 488 g/mol. The molecule has 2 aliphatic heterocycles. The number of nitrogens with two attached hydrogens (primary N) is 1. The zero-order valence-corrected chi connectivity index (χ0v) is 22.2. The quantitative estimate of drug-likeness (QED) is 0.451. The number of aliphatic hydroxyl groups excluding tert-OH is 1. The van der Waals surface area contributed by atoms with E-state index in [1.54, 1.807) is 19.3 Å². The van der Waals surface area contributed by atoms with E-state index in [4.69, 9.17) is 25.4 Å². The van der Waals surface area contributed by atoms with Crippen LogP contribution in [0.4, 0.5) is 17.7 Å². The van der Waals surface area contributed by atoms with E-state index >= 15 is 0 Å². The highest BCUT2D eigenvalue weighted by Gasteiger charge is 2.29. The molecule has 0 saturated carbocycles. The second-order valence-electron chi connectivity index (χ2n) is 10.3. The number of carbonyl (C=O) groups is 1. The third-order valence-electron chi connectivity index (χ3n) is 6.73. The number of fused-ring (bicyclic) bond motifs is 1. The van der Waals surface area contributed by atoms with Crippen LogP contribution in [0.3, 0.4) is 0 Å². The number of aromatic nitrogens is 6. The third kappa shape index (κ3) is 5.48. The molecule has 13 heteroatoms. The van der Waals surface area contributed by atoms with Gasteiger partial charge >= 0.3 is 0 Å². The van der Waals surface area contributed by atoms with Gasteiger partial charge in [0.2, 0.25) is 17.8 Å². The first kappa shape index (κ1) is 26.0. The van der Waals surface area contributed by atoms with E-state index in [9.17, 15) is 9.90 Å². The van der Waals surface area contributed by atoms with Gasteiger partial charge in [-0.2, -0.15) is 0 Å². The Morgan fingerprint density at radius 2 is 1.68 bits per heavy atom. The zero-order chi connectivity index (χ0) is 26.8. The SMILES string of the molecule is CC(C)Cn1c(N2CCN(C(=O)C[C@H](C)O)CC2)nc2c(N3CCOCC3)nc(-c3cnc(N)nc3)nc21. The monoisotopic (exact) mass is 524 g/mol. The van der Waals surface area contributed by atoms with Crippen LogP contribution in [0.15, 0.2) is 12.4 Å². The van der Waals surface area contributed by atoms with Crippen LogP contribution in [0, 0.1) is 5.92 Å².